The number of aromatic amines is 1. The zero-order valence-electron chi connectivity index (χ0n) is 12.0. The van der Waals surface area contributed by atoms with Gasteiger partial charge < -0.3 is 5.32 Å². The molecule has 2 heterocycles. The molecule has 0 radical (unpaired) electrons. The maximum absolute atomic E-state index is 12.4. The van der Waals surface area contributed by atoms with E-state index in [-0.39, 0.29) is 5.56 Å². The minimum Gasteiger partial charge on any atom is -0.324 e. The summed E-state index contributed by atoms with van der Waals surface area (Å²) in [6, 6.07) is 5.57. The number of anilines is 2. The van der Waals surface area contributed by atoms with Gasteiger partial charge in [0.05, 0.1) is 5.69 Å². The Morgan fingerprint density at radius 1 is 1.32 bits per heavy atom. The Kier molecular flexibility index (Phi) is 2.94. The van der Waals surface area contributed by atoms with Crippen LogP contribution in [0.15, 0.2) is 23.0 Å². The van der Waals surface area contributed by atoms with Gasteiger partial charge in [0.1, 0.15) is 0 Å². The van der Waals surface area contributed by atoms with Crippen LogP contribution in [-0.4, -0.2) is 19.6 Å². The standard InChI is InChI=1S/C15H14ClN5O/c1-8-5-6-9(16)7-12(8)17-14-19-15-18-11-4-2-3-10(11)13(22)21(15)20-14/h5-7H,2-4H2,1H3,(H2,17,18,19,20). The van der Waals surface area contributed by atoms with Gasteiger partial charge >= 0.3 is 0 Å². The number of halogens is 1. The molecule has 1 aliphatic carbocycles. The van der Waals surface area contributed by atoms with Crippen molar-refractivity contribution in [1.82, 2.24) is 19.6 Å². The first-order valence-electron chi connectivity index (χ1n) is 7.15. The van der Waals surface area contributed by atoms with E-state index in [1.807, 2.05) is 25.1 Å². The predicted molar refractivity (Wildman–Crippen MR) is 85.1 cm³/mol. The zero-order valence-corrected chi connectivity index (χ0v) is 12.7. The number of benzene rings is 1. The van der Waals surface area contributed by atoms with Gasteiger partial charge in [0.15, 0.2) is 0 Å². The maximum atomic E-state index is 12.4. The van der Waals surface area contributed by atoms with Crippen LogP contribution in [0, 0.1) is 6.92 Å². The molecular formula is C15H14ClN5O. The average molecular weight is 316 g/mol. The van der Waals surface area contributed by atoms with Gasteiger partial charge in [0.2, 0.25) is 5.95 Å². The Balaban J connectivity index is 1.79. The summed E-state index contributed by atoms with van der Waals surface area (Å²) >= 11 is 6.02. The monoisotopic (exact) mass is 315 g/mol. The Morgan fingerprint density at radius 3 is 3.05 bits per heavy atom. The van der Waals surface area contributed by atoms with E-state index in [9.17, 15) is 4.79 Å². The lowest BCUT2D eigenvalue weighted by Gasteiger charge is -2.06. The highest BCUT2D eigenvalue weighted by atomic mass is 35.5. The van der Waals surface area contributed by atoms with Gasteiger partial charge in [-0.2, -0.15) is 9.50 Å². The Labute approximate surface area is 131 Å². The van der Waals surface area contributed by atoms with Crippen LogP contribution < -0.4 is 10.9 Å². The van der Waals surface area contributed by atoms with Gasteiger partial charge in [-0.3, -0.25) is 9.89 Å². The van der Waals surface area contributed by atoms with Gasteiger partial charge in [0.25, 0.3) is 11.3 Å². The molecule has 0 spiro atoms. The molecule has 0 atom stereocenters. The third-order valence-electron chi connectivity index (χ3n) is 3.97. The number of aromatic nitrogens is 4. The summed E-state index contributed by atoms with van der Waals surface area (Å²) in [4.78, 5) is 21.2. The highest BCUT2D eigenvalue weighted by molar-refractivity contribution is 6.30. The molecule has 112 valence electrons. The van der Waals surface area contributed by atoms with Crippen LogP contribution in [0.4, 0.5) is 11.6 Å². The molecule has 2 N–H and O–H groups in total. The fraction of sp³-hybridized carbons (Fsp3) is 0.267. The van der Waals surface area contributed by atoms with Gasteiger partial charge in [0, 0.05) is 16.3 Å². The second-order valence-electron chi connectivity index (χ2n) is 5.49. The normalized spacial score (nSPS) is 13.5. The average Bonchev–Trinajstić information content (AvgIpc) is 3.10. The molecule has 0 fully saturated rings. The van der Waals surface area contributed by atoms with E-state index in [1.165, 1.54) is 4.52 Å². The van der Waals surface area contributed by atoms with Crippen LogP contribution in [0.2, 0.25) is 5.02 Å². The summed E-state index contributed by atoms with van der Waals surface area (Å²) in [6.45, 7) is 1.97. The fourth-order valence-corrected chi connectivity index (χ4v) is 2.97. The van der Waals surface area contributed by atoms with E-state index in [0.717, 1.165) is 41.8 Å². The molecular weight excluding hydrogens is 302 g/mol. The van der Waals surface area contributed by atoms with E-state index in [0.29, 0.717) is 16.7 Å². The van der Waals surface area contributed by atoms with Gasteiger partial charge in [-0.15, -0.1) is 0 Å². The van der Waals surface area contributed by atoms with Crippen LogP contribution in [0.1, 0.15) is 23.2 Å². The molecule has 0 unspecified atom stereocenters. The molecule has 7 heteroatoms. The number of H-pyrrole nitrogens is 1. The summed E-state index contributed by atoms with van der Waals surface area (Å²) in [7, 11) is 0. The lowest BCUT2D eigenvalue weighted by atomic mass is 10.2. The number of fused-ring (bicyclic) bond motifs is 2. The molecule has 2 aromatic heterocycles. The van der Waals surface area contributed by atoms with Crippen LogP contribution in [0.25, 0.3) is 5.78 Å². The quantitative estimate of drug-likeness (QED) is 0.762. The summed E-state index contributed by atoms with van der Waals surface area (Å²) in [5, 5.41) is 6.76. The highest BCUT2D eigenvalue weighted by Crippen LogP contribution is 2.23. The number of hydrogen-bond donors (Lipinski definition) is 2. The van der Waals surface area contributed by atoms with E-state index in [1.54, 1.807) is 0 Å². The first kappa shape index (κ1) is 13.3. The van der Waals surface area contributed by atoms with Gasteiger partial charge in [-0.05, 0) is 43.9 Å². The first-order valence-corrected chi connectivity index (χ1v) is 7.53. The van der Waals surface area contributed by atoms with E-state index >= 15 is 0 Å². The largest absolute Gasteiger partial charge is 0.324 e. The number of aryl methyl sites for hydroxylation is 2. The molecule has 0 aliphatic heterocycles. The van der Waals surface area contributed by atoms with Crippen molar-refractivity contribution in [2.75, 3.05) is 5.32 Å². The van der Waals surface area contributed by atoms with Crippen molar-refractivity contribution in [3.8, 4) is 0 Å². The lowest BCUT2D eigenvalue weighted by molar-refractivity contribution is 0.872. The second kappa shape index (κ2) is 4.84. The minimum absolute atomic E-state index is 0.0548. The van der Waals surface area contributed by atoms with E-state index < -0.39 is 0 Å². The predicted octanol–water partition coefficient (Wildman–Crippen LogP) is 2.61. The Bertz CT molecular complexity index is 943. The summed E-state index contributed by atoms with van der Waals surface area (Å²) in [5.41, 5.74) is 3.49. The van der Waals surface area contributed by atoms with Gasteiger partial charge in [-0.25, -0.2) is 4.98 Å². The topological polar surface area (TPSA) is 75.1 Å². The SMILES string of the molecule is Cc1ccc(Cl)cc1Nc1nc2nc3c(c(=O)n2[nH]1)CCC3. The molecule has 4 rings (SSSR count). The van der Waals surface area contributed by atoms with Crippen molar-refractivity contribution in [3.05, 3.63) is 50.4 Å². The van der Waals surface area contributed by atoms with Crippen LogP contribution in [-0.2, 0) is 12.8 Å². The van der Waals surface area contributed by atoms with Crippen molar-refractivity contribution in [2.24, 2.45) is 0 Å². The van der Waals surface area contributed by atoms with Crippen molar-refractivity contribution in [1.29, 1.82) is 0 Å². The molecule has 3 aromatic rings. The van der Waals surface area contributed by atoms with Crippen molar-refractivity contribution < 1.29 is 0 Å². The van der Waals surface area contributed by atoms with Crippen LogP contribution in [0.3, 0.4) is 0 Å². The van der Waals surface area contributed by atoms with E-state index in [4.69, 9.17) is 11.6 Å². The molecule has 0 bridgehead atoms. The Morgan fingerprint density at radius 2 is 2.18 bits per heavy atom. The maximum Gasteiger partial charge on any atom is 0.277 e. The Hall–Kier alpha value is -2.34. The number of hydrogen-bond acceptors (Lipinski definition) is 4. The van der Waals surface area contributed by atoms with Crippen LogP contribution in [0.5, 0.6) is 0 Å². The smallest absolute Gasteiger partial charge is 0.277 e. The minimum atomic E-state index is -0.0548. The summed E-state index contributed by atoms with van der Waals surface area (Å²) in [6.07, 6.45) is 2.63. The van der Waals surface area contributed by atoms with Crippen molar-refractivity contribution in [2.45, 2.75) is 26.2 Å². The number of nitrogens with zero attached hydrogens (tertiary/aromatic N) is 3. The molecule has 0 amide bonds. The fourth-order valence-electron chi connectivity index (χ4n) is 2.80. The van der Waals surface area contributed by atoms with Crippen LogP contribution >= 0.6 is 11.6 Å². The molecule has 6 nitrogen and oxygen atoms in total. The third kappa shape index (κ3) is 2.07. The third-order valence-corrected chi connectivity index (χ3v) is 4.20. The summed E-state index contributed by atoms with van der Waals surface area (Å²) < 4.78 is 1.40. The molecule has 1 aromatic carbocycles. The number of nitrogens with one attached hydrogen (secondary N) is 2. The zero-order chi connectivity index (χ0) is 15.3. The molecule has 1 aliphatic rings. The summed E-state index contributed by atoms with van der Waals surface area (Å²) in [5.74, 6) is 0.867. The highest BCUT2D eigenvalue weighted by Gasteiger charge is 2.19. The van der Waals surface area contributed by atoms with Crippen molar-refractivity contribution in [3.63, 3.8) is 0 Å². The molecule has 0 saturated carbocycles. The lowest BCUT2D eigenvalue weighted by Crippen LogP contribution is -2.20. The van der Waals surface area contributed by atoms with E-state index in [2.05, 4.69) is 20.4 Å². The van der Waals surface area contributed by atoms with Crippen molar-refractivity contribution >= 4 is 29.0 Å². The first-order chi connectivity index (χ1) is 10.6. The second-order valence-corrected chi connectivity index (χ2v) is 5.92. The van der Waals surface area contributed by atoms with Gasteiger partial charge in [-0.1, -0.05) is 17.7 Å². The molecule has 22 heavy (non-hydrogen) atoms. The molecule has 0 saturated heterocycles. The number of rotatable bonds is 2.